The molecule has 1 heterocycles. The molecule has 2 aromatic rings. The quantitative estimate of drug-likeness (QED) is 0.615. The highest BCUT2D eigenvalue weighted by molar-refractivity contribution is 6.43. The summed E-state index contributed by atoms with van der Waals surface area (Å²) >= 11 is 11.9. The molecule has 0 saturated carbocycles. The molecule has 1 N–H and O–H groups in total. The van der Waals surface area contributed by atoms with E-state index < -0.39 is 0 Å². The van der Waals surface area contributed by atoms with Crippen molar-refractivity contribution in [3.8, 4) is 11.5 Å². The van der Waals surface area contributed by atoms with Crippen molar-refractivity contribution >= 4 is 35.3 Å². The van der Waals surface area contributed by atoms with E-state index in [1.54, 1.807) is 24.3 Å². The number of nitrogens with zero attached hydrogens (tertiary/aromatic N) is 1. The van der Waals surface area contributed by atoms with Crippen LogP contribution >= 0.6 is 23.2 Å². The summed E-state index contributed by atoms with van der Waals surface area (Å²) in [5, 5.41) is 7.25. The second-order valence-electron chi connectivity index (χ2n) is 5.12. The summed E-state index contributed by atoms with van der Waals surface area (Å²) in [6.45, 7) is 0.357. The number of hydrogen-bond acceptors (Lipinski definition) is 5. The van der Waals surface area contributed by atoms with Crippen LogP contribution in [0, 0.1) is 0 Å². The number of oxime groups is 1. The Labute approximate surface area is 154 Å². The Bertz CT molecular complexity index is 811. The van der Waals surface area contributed by atoms with E-state index in [9.17, 15) is 4.79 Å². The third-order valence-electron chi connectivity index (χ3n) is 3.37. The fourth-order valence-corrected chi connectivity index (χ4v) is 2.47. The van der Waals surface area contributed by atoms with Gasteiger partial charge in [-0.05, 0) is 23.8 Å². The first kappa shape index (κ1) is 17.4. The summed E-state index contributed by atoms with van der Waals surface area (Å²) in [4.78, 5) is 16.7. The van der Waals surface area contributed by atoms with E-state index in [1.807, 2.05) is 12.1 Å². The Morgan fingerprint density at radius 3 is 2.96 bits per heavy atom. The van der Waals surface area contributed by atoms with Crippen molar-refractivity contribution in [1.82, 2.24) is 5.32 Å². The van der Waals surface area contributed by atoms with E-state index in [0.29, 0.717) is 33.7 Å². The Balaban J connectivity index is 1.44. The number of fused-ring (bicyclic) bond motifs is 1. The zero-order valence-electron chi connectivity index (χ0n) is 13.0. The van der Waals surface area contributed by atoms with Crippen LogP contribution in [0.3, 0.4) is 0 Å². The van der Waals surface area contributed by atoms with Gasteiger partial charge >= 0.3 is 0 Å². The standard InChI is InChI=1S/C17H14Cl2N2O4/c18-13-3-1-2-12(17(13)19)8-21-25-9-16(22)20-7-11-4-5-14-15(6-11)24-10-23-14/h1-6,8H,7,9-10H2,(H,20,22)/b21-8-. The van der Waals surface area contributed by atoms with Crippen LogP contribution in [-0.4, -0.2) is 25.5 Å². The fourth-order valence-electron chi connectivity index (χ4n) is 2.11. The maximum Gasteiger partial charge on any atom is 0.261 e. The van der Waals surface area contributed by atoms with Crippen LogP contribution in [0.1, 0.15) is 11.1 Å². The van der Waals surface area contributed by atoms with Gasteiger partial charge in [0.2, 0.25) is 6.79 Å². The smallest absolute Gasteiger partial charge is 0.261 e. The van der Waals surface area contributed by atoms with Crippen molar-refractivity contribution in [2.75, 3.05) is 13.4 Å². The molecule has 1 aliphatic heterocycles. The minimum atomic E-state index is -0.299. The summed E-state index contributed by atoms with van der Waals surface area (Å²) in [5.74, 6) is 1.07. The van der Waals surface area contributed by atoms with Crippen molar-refractivity contribution in [1.29, 1.82) is 0 Å². The Morgan fingerprint density at radius 1 is 1.24 bits per heavy atom. The molecule has 0 saturated heterocycles. The van der Waals surface area contributed by atoms with Gasteiger partial charge in [-0.15, -0.1) is 0 Å². The van der Waals surface area contributed by atoms with Crippen LogP contribution in [0.25, 0.3) is 0 Å². The second-order valence-corrected chi connectivity index (χ2v) is 5.90. The first-order chi connectivity index (χ1) is 12.1. The lowest BCUT2D eigenvalue weighted by atomic mass is 10.2. The van der Waals surface area contributed by atoms with Gasteiger partial charge in [-0.25, -0.2) is 0 Å². The molecule has 0 aromatic heterocycles. The molecule has 130 valence electrons. The topological polar surface area (TPSA) is 69.2 Å². The first-order valence-corrected chi connectivity index (χ1v) is 8.13. The highest BCUT2D eigenvalue weighted by Gasteiger charge is 2.13. The molecule has 25 heavy (non-hydrogen) atoms. The van der Waals surface area contributed by atoms with Gasteiger partial charge in [0.1, 0.15) is 0 Å². The maximum absolute atomic E-state index is 11.8. The normalized spacial score (nSPS) is 12.4. The van der Waals surface area contributed by atoms with Gasteiger partial charge < -0.3 is 19.6 Å². The van der Waals surface area contributed by atoms with Crippen LogP contribution in [0.4, 0.5) is 0 Å². The highest BCUT2D eigenvalue weighted by Crippen LogP contribution is 2.32. The van der Waals surface area contributed by atoms with Gasteiger partial charge in [-0.1, -0.05) is 46.6 Å². The summed E-state index contributed by atoms with van der Waals surface area (Å²) in [5.41, 5.74) is 1.50. The number of carbonyl (C=O) groups excluding carboxylic acids is 1. The van der Waals surface area contributed by atoms with Gasteiger partial charge in [-0.3, -0.25) is 4.79 Å². The molecular weight excluding hydrogens is 367 g/mol. The van der Waals surface area contributed by atoms with Gasteiger partial charge in [-0.2, -0.15) is 0 Å². The van der Waals surface area contributed by atoms with Crippen molar-refractivity contribution in [3.63, 3.8) is 0 Å². The second kappa shape index (κ2) is 8.09. The van der Waals surface area contributed by atoms with Gasteiger partial charge in [0.15, 0.2) is 18.1 Å². The number of ether oxygens (including phenoxy) is 2. The van der Waals surface area contributed by atoms with E-state index in [1.165, 1.54) is 6.21 Å². The summed E-state index contributed by atoms with van der Waals surface area (Å²) < 4.78 is 10.5. The third kappa shape index (κ3) is 4.55. The largest absolute Gasteiger partial charge is 0.454 e. The minimum absolute atomic E-state index is 0.209. The van der Waals surface area contributed by atoms with E-state index in [2.05, 4.69) is 10.5 Å². The van der Waals surface area contributed by atoms with Gasteiger partial charge in [0.25, 0.3) is 5.91 Å². The molecular formula is C17H14Cl2N2O4. The molecule has 0 atom stereocenters. The highest BCUT2D eigenvalue weighted by atomic mass is 35.5. The van der Waals surface area contributed by atoms with Crippen LogP contribution < -0.4 is 14.8 Å². The molecule has 0 unspecified atom stereocenters. The predicted molar refractivity (Wildman–Crippen MR) is 94.4 cm³/mol. The average Bonchev–Trinajstić information content (AvgIpc) is 3.08. The van der Waals surface area contributed by atoms with Crippen LogP contribution in [0.2, 0.25) is 10.0 Å². The number of benzene rings is 2. The minimum Gasteiger partial charge on any atom is -0.454 e. The molecule has 2 aromatic carbocycles. The van der Waals surface area contributed by atoms with E-state index in [4.69, 9.17) is 37.5 Å². The van der Waals surface area contributed by atoms with Crippen molar-refractivity contribution < 1.29 is 19.1 Å². The third-order valence-corrected chi connectivity index (χ3v) is 4.20. The Hall–Kier alpha value is -2.44. The number of hydrogen-bond donors (Lipinski definition) is 1. The van der Waals surface area contributed by atoms with E-state index in [0.717, 1.165) is 5.56 Å². The molecule has 0 bridgehead atoms. The summed E-state index contributed by atoms with van der Waals surface area (Å²) in [6.07, 6.45) is 1.40. The molecule has 0 aliphatic carbocycles. The maximum atomic E-state index is 11.8. The van der Waals surface area contributed by atoms with Crippen molar-refractivity contribution in [2.24, 2.45) is 5.16 Å². The lowest BCUT2D eigenvalue weighted by Crippen LogP contribution is -2.26. The van der Waals surface area contributed by atoms with Crippen LogP contribution in [0.15, 0.2) is 41.6 Å². The van der Waals surface area contributed by atoms with Crippen molar-refractivity contribution in [2.45, 2.75) is 6.54 Å². The molecule has 3 rings (SSSR count). The average molecular weight is 381 g/mol. The van der Waals surface area contributed by atoms with Gasteiger partial charge in [0, 0.05) is 12.1 Å². The lowest BCUT2D eigenvalue weighted by Gasteiger charge is -2.05. The summed E-state index contributed by atoms with van der Waals surface area (Å²) in [6, 6.07) is 10.6. The van der Waals surface area contributed by atoms with Crippen LogP contribution in [-0.2, 0) is 16.2 Å². The Morgan fingerprint density at radius 2 is 2.08 bits per heavy atom. The monoisotopic (exact) mass is 380 g/mol. The molecule has 8 heteroatoms. The zero-order valence-corrected chi connectivity index (χ0v) is 14.5. The van der Waals surface area contributed by atoms with Crippen LogP contribution in [0.5, 0.6) is 11.5 Å². The van der Waals surface area contributed by atoms with E-state index >= 15 is 0 Å². The molecule has 1 aliphatic rings. The Kier molecular flexibility index (Phi) is 5.63. The van der Waals surface area contributed by atoms with E-state index in [-0.39, 0.29) is 19.3 Å². The molecule has 6 nitrogen and oxygen atoms in total. The molecule has 0 spiro atoms. The predicted octanol–water partition coefficient (Wildman–Crippen LogP) is 3.39. The SMILES string of the molecule is O=C(CO/N=C\c1cccc(Cl)c1Cl)NCc1ccc2c(c1)OCO2. The lowest BCUT2D eigenvalue weighted by molar-refractivity contribution is -0.125. The van der Waals surface area contributed by atoms with Crippen molar-refractivity contribution in [3.05, 3.63) is 57.6 Å². The number of halogens is 2. The summed E-state index contributed by atoms with van der Waals surface area (Å²) in [7, 11) is 0. The first-order valence-electron chi connectivity index (χ1n) is 7.38. The molecule has 0 radical (unpaired) electrons. The number of nitrogens with one attached hydrogen (secondary N) is 1. The number of rotatable bonds is 6. The fraction of sp³-hybridized carbons (Fsp3) is 0.176. The molecule has 1 amide bonds. The number of amides is 1. The zero-order chi connectivity index (χ0) is 17.6. The number of carbonyl (C=O) groups is 1. The van der Waals surface area contributed by atoms with Gasteiger partial charge in [0.05, 0.1) is 16.3 Å². The molecule has 0 fully saturated rings.